The quantitative estimate of drug-likeness (QED) is 0.300. The van der Waals surface area contributed by atoms with E-state index in [0.717, 1.165) is 0 Å². The Morgan fingerprint density at radius 1 is 0.667 bits per heavy atom. The molecule has 0 aliphatic heterocycles. The molecule has 0 fully saturated rings. The van der Waals surface area contributed by atoms with Crippen LogP contribution in [0.3, 0.4) is 0 Å². The van der Waals surface area contributed by atoms with Crippen molar-refractivity contribution in [2.24, 2.45) is 10.8 Å². The Labute approximate surface area is 183 Å². The van der Waals surface area contributed by atoms with Gasteiger partial charge in [-0.3, -0.25) is 0 Å². The van der Waals surface area contributed by atoms with Crippen molar-refractivity contribution in [1.29, 1.82) is 0 Å². The van der Waals surface area contributed by atoms with Crippen LogP contribution in [0.1, 0.15) is 91.2 Å². The SMILES string of the molecule is CCC(C)c1cc2ccc3cc(C(CC(C)(C)C)C(C)(C)C)cc4ccc(c1)c2c34. The second-order valence-electron chi connectivity index (χ2n) is 11.8. The Hall–Kier alpha value is -2.08. The van der Waals surface area contributed by atoms with Crippen LogP contribution in [0.15, 0.2) is 48.5 Å². The molecule has 0 amide bonds. The lowest BCUT2D eigenvalue weighted by Crippen LogP contribution is -2.23. The van der Waals surface area contributed by atoms with E-state index in [1.807, 2.05) is 0 Å². The first-order valence-electron chi connectivity index (χ1n) is 11.7. The van der Waals surface area contributed by atoms with Crippen LogP contribution in [0.4, 0.5) is 0 Å². The fraction of sp³-hybridized carbons (Fsp3) is 0.467. The van der Waals surface area contributed by atoms with Crippen molar-refractivity contribution in [2.45, 2.75) is 80.1 Å². The lowest BCUT2D eigenvalue weighted by molar-refractivity contribution is 0.229. The van der Waals surface area contributed by atoms with E-state index in [9.17, 15) is 0 Å². The highest BCUT2D eigenvalue weighted by Gasteiger charge is 2.31. The molecule has 0 heteroatoms. The lowest BCUT2D eigenvalue weighted by atomic mass is 9.68. The number of benzene rings is 4. The normalized spacial score (nSPS) is 15.3. The van der Waals surface area contributed by atoms with Crippen LogP contribution in [0.2, 0.25) is 0 Å². The molecule has 0 aromatic heterocycles. The summed E-state index contributed by atoms with van der Waals surface area (Å²) in [7, 11) is 0. The maximum atomic E-state index is 2.48. The van der Waals surface area contributed by atoms with E-state index in [1.54, 1.807) is 0 Å². The fourth-order valence-corrected chi connectivity index (χ4v) is 5.14. The molecule has 30 heavy (non-hydrogen) atoms. The van der Waals surface area contributed by atoms with Crippen LogP contribution in [0.5, 0.6) is 0 Å². The van der Waals surface area contributed by atoms with Crippen LogP contribution < -0.4 is 0 Å². The minimum Gasteiger partial charge on any atom is -0.0648 e. The number of hydrogen-bond acceptors (Lipinski definition) is 0. The van der Waals surface area contributed by atoms with Crippen LogP contribution in [-0.2, 0) is 0 Å². The minimum absolute atomic E-state index is 0.235. The van der Waals surface area contributed by atoms with E-state index in [0.29, 0.717) is 17.3 Å². The van der Waals surface area contributed by atoms with Gasteiger partial charge < -0.3 is 0 Å². The predicted octanol–water partition coefficient (Wildman–Crippen LogP) is 9.66. The van der Waals surface area contributed by atoms with Gasteiger partial charge in [0.2, 0.25) is 0 Å². The first kappa shape index (κ1) is 21.2. The predicted molar refractivity (Wildman–Crippen MR) is 135 cm³/mol. The van der Waals surface area contributed by atoms with Gasteiger partial charge in [-0.2, -0.15) is 0 Å². The van der Waals surface area contributed by atoms with Crippen LogP contribution >= 0.6 is 0 Å². The second-order valence-corrected chi connectivity index (χ2v) is 11.8. The molecule has 2 unspecified atom stereocenters. The Kier molecular flexibility index (Phi) is 5.12. The topological polar surface area (TPSA) is 0 Å². The zero-order valence-electron chi connectivity index (χ0n) is 20.2. The summed E-state index contributed by atoms with van der Waals surface area (Å²) >= 11 is 0. The summed E-state index contributed by atoms with van der Waals surface area (Å²) in [5, 5.41) is 8.42. The van der Waals surface area contributed by atoms with Gasteiger partial charge >= 0.3 is 0 Å². The Morgan fingerprint density at radius 2 is 1.07 bits per heavy atom. The summed E-state index contributed by atoms with van der Waals surface area (Å²) < 4.78 is 0. The molecular formula is C30H38. The average molecular weight is 399 g/mol. The summed E-state index contributed by atoms with van der Waals surface area (Å²) in [6.07, 6.45) is 2.38. The minimum atomic E-state index is 0.235. The maximum Gasteiger partial charge on any atom is -0.00266 e. The Morgan fingerprint density at radius 3 is 1.40 bits per heavy atom. The summed E-state index contributed by atoms with van der Waals surface area (Å²) in [5.74, 6) is 1.14. The highest BCUT2D eigenvalue weighted by Crippen LogP contribution is 2.45. The molecule has 0 radical (unpaired) electrons. The van der Waals surface area contributed by atoms with Crippen LogP contribution in [0.25, 0.3) is 32.3 Å². The van der Waals surface area contributed by atoms with Gasteiger partial charge in [0, 0.05) is 0 Å². The second kappa shape index (κ2) is 7.26. The first-order chi connectivity index (χ1) is 14.0. The molecule has 0 bridgehead atoms. The highest BCUT2D eigenvalue weighted by molar-refractivity contribution is 6.23. The maximum absolute atomic E-state index is 2.48. The molecule has 0 aliphatic carbocycles. The zero-order valence-corrected chi connectivity index (χ0v) is 20.2. The number of rotatable bonds is 4. The molecule has 0 heterocycles. The molecule has 0 nitrogen and oxygen atoms in total. The van der Waals surface area contributed by atoms with Gasteiger partial charge in [0.05, 0.1) is 0 Å². The summed E-state index contributed by atoms with van der Waals surface area (Å²) in [6, 6.07) is 19.2. The molecule has 4 rings (SSSR count). The van der Waals surface area contributed by atoms with Crippen LogP contribution in [0, 0.1) is 10.8 Å². The van der Waals surface area contributed by atoms with E-state index in [2.05, 4.69) is 104 Å². The lowest BCUT2D eigenvalue weighted by Gasteiger charge is -2.36. The largest absolute Gasteiger partial charge is 0.0648 e. The third kappa shape index (κ3) is 3.82. The van der Waals surface area contributed by atoms with Crippen LogP contribution in [-0.4, -0.2) is 0 Å². The van der Waals surface area contributed by atoms with Gasteiger partial charge in [-0.1, -0.05) is 104 Å². The van der Waals surface area contributed by atoms with E-state index >= 15 is 0 Å². The molecule has 0 aliphatic rings. The van der Waals surface area contributed by atoms with E-state index in [4.69, 9.17) is 0 Å². The molecular weight excluding hydrogens is 360 g/mol. The summed E-state index contributed by atoms with van der Waals surface area (Å²) in [4.78, 5) is 0. The summed E-state index contributed by atoms with van der Waals surface area (Å²) in [5.41, 5.74) is 3.49. The molecule has 0 saturated carbocycles. The molecule has 0 spiro atoms. The molecule has 0 saturated heterocycles. The Balaban J connectivity index is 1.95. The van der Waals surface area contributed by atoms with Gasteiger partial charge in [0.15, 0.2) is 0 Å². The average Bonchev–Trinajstić information content (AvgIpc) is 2.67. The monoisotopic (exact) mass is 398 g/mol. The third-order valence-corrected chi connectivity index (χ3v) is 7.02. The van der Waals surface area contributed by atoms with Gasteiger partial charge in [-0.25, -0.2) is 0 Å². The standard InChI is InChI=1S/C30H38/c1-9-19(2)24-14-20-10-12-22-16-25(26(30(6,7)8)18-29(3,4)5)17-23-13-11-21(15-24)27(20)28(22)23/h10-17,19,26H,9,18H2,1-8H3. The van der Waals surface area contributed by atoms with Gasteiger partial charge in [0.25, 0.3) is 0 Å². The molecule has 0 N–H and O–H groups in total. The summed E-state index contributed by atoms with van der Waals surface area (Å²) in [6.45, 7) is 18.9. The van der Waals surface area contributed by atoms with Gasteiger partial charge in [-0.05, 0) is 79.0 Å². The molecule has 4 aromatic rings. The van der Waals surface area contributed by atoms with Gasteiger partial charge in [-0.15, -0.1) is 0 Å². The van der Waals surface area contributed by atoms with Gasteiger partial charge in [0.1, 0.15) is 0 Å². The molecule has 4 aromatic carbocycles. The van der Waals surface area contributed by atoms with E-state index in [-0.39, 0.29) is 5.41 Å². The fourth-order valence-electron chi connectivity index (χ4n) is 5.14. The van der Waals surface area contributed by atoms with Crippen molar-refractivity contribution >= 4 is 32.3 Å². The van der Waals surface area contributed by atoms with Crippen molar-refractivity contribution in [3.05, 3.63) is 59.7 Å². The van der Waals surface area contributed by atoms with Crippen molar-refractivity contribution in [3.63, 3.8) is 0 Å². The number of hydrogen-bond donors (Lipinski definition) is 0. The smallest absolute Gasteiger partial charge is 0.00266 e. The third-order valence-electron chi connectivity index (χ3n) is 7.02. The molecule has 2 atom stereocenters. The van der Waals surface area contributed by atoms with E-state index < -0.39 is 0 Å². The van der Waals surface area contributed by atoms with Crippen molar-refractivity contribution in [2.75, 3.05) is 0 Å². The zero-order chi connectivity index (χ0) is 21.8. The first-order valence-corrected chi connectivity index (χ1v) is 11.7. The van der Waals surface area contributed by atoms with E-state index in [1.165, 1.54) is 56.3 Å². The Bertz CT molecular complexity index is 1110. The molecule has 158 valence electrons. The van der Waals surface area contributed by atoms with Crippen molar-refractivity contribution in [1.82, 2.24) is 0 Å². The van der Waals surface area contributed by atoms with Crippen molar-refractivity contribution in [3.8, 4) is 0 Å². The highest BCUT2D eigenvalue weighted by atomic mass is 14.4. The van der Waals surface area contributed by atoms with Crippen molar-refractivity contribution < 1.29 is 0 Å².